The van der Waals surface area contributed by atoms with Crippen molar-refractivity contribution in [1.82, 2.24) is 10.2 Å². The first-order valence-corrected chi connectivity index (χ1v) is 7.24. The standard InChI is InChI=1S/C15H22N2O4/c1-10(12-7-8-13(21-12)15(19)20-3)17-9-5-4-6-11(17)14(18)16-2/h7-8,10-11H,4-6,9H2,1-3H3,(H,16,18). The number of likely N-dealkylation sites (tertiary alicyclic amines) is 1. The molecule has 2 heterocycles. The SMILES string of the molecule is CNC(=O)C1CCCCN1C(C)c1ccc(C(=O)OC)o1. The van der Waals surface area contributed by atoms with Crippen LogP contribution in [0.5, 0.6) is 0 Å². The number of carbonyl (C=O) groups excluding carboxylic acids is 2. The number of likely N-dealkylation sites (N-methyl/N-ethyl adjacent to an activating group) is 1. The van der Waals surface area contributed by atoms with Crippen molar-refractivity contribution in [2.24, 2.45) is 0 Å². The molecule has 1 saturated heterocycles. The van der Waals surface area contributed by atoms with Crippen molar-refractivity contribution in [3.05, 3.63) is 23.7 Å². The maximum absolute atomic E-state index is 12.0. The minimum absolute atomic E-state index is 0.0290. The van der Waals surface area contributed by atoms with Gasteiger partial charge >= 0.3 is 5.97 Å². The number of amides is 1. The van der Waals surface area contributed by atoms with Gasteiger partial charge in [-0.05, 0) is 38.4 Å². The molecule has 1 aromatic rings. The number of carbonyl (C=O) groups is 2. The van der Waals surface area contributed by atoms with Gasteiger partial charge in [-0.15, -0.1) is 0 Å². The average Bonchev–Trinajstić information content (AvgIpc) is 3.02. The van der Waals surface area contributed by atoms with Gasteiger partial charge in [-0.1, -0.05) is 6.42 Å². The van der Waals surface area contributed by atoms with E-state index in [1.807, 2.05) is 6.92 Å². The summed E-state index contributed by atoms with van der Waals surface area (Å²) < 4.78 is 10.2. The van der Waals surface area contributed by atoms with Gasteiger partial charge in [0, 0.05) is 7.05 Å². The second kappa shape index (κ2) is 6.76. The largest absolute Gasteiger partial charge is 0.463 e. The number of piperidine rings is 1. The van der Waals surface area contributed by atoms with Crippen molar-refractivity contribution in [2.45, 2.75) is 38.3 Å². The van der Waals surface area contributed by atoms with E-state index in [0.29, 0.717) is 5.76 Å². The van der Waals surface area contributed by atoms with E-state index >= 15 is 0 Å². The predicted molar refractivity (Wildman–Crippen MR) is 76.9 cm³/mol. The number of nitrogens with zero attached hydrogens (tertiary/aromatic N) is 1. The van der Waals surface area contributed by atoms with Crippen molar-refractivity contribution < 1.29 is 18.7 Å². The molecule has 0 bridgehead atoms. The Balaban J connectivity index is 2.16. The van der Waals surface area contributed by atoms with Crippen LogP contribution in [0, 0.1) is 0 Å². The second-order valence-corrected chi connectivity index (χ2v) is 5.23. The Kier molecular flexibility index (Phi) is 5.01. The number of hydrogen-bond acceptors (Lipinski definition) is 5. The molecule has 1 aromatic heterocycles. The van der Waals surface area contributed by atoms with E-state index in [4.69, 9.17) is 4.42 Å². The Morgan fingerprint density at radius 2 is 2.19 bits per heavy atom. The molecule has 21 heavy (non-hydrogen) atoms. The molecule has 2 unspecified atom stereocenters. The summed E-state index contributed by atoms with van der Waals surface area (Å²) in [7, 11) is 2.97. The third-order valence-electron chi connectivity index (χ3n) is 4.02. The zero-order valence-corrected chi connectivity index (χ0v) is 12.7. The Bertz CT molecular complexity index is 512. The summed E-state index contributed by atoms with van der Waals surface area (Å²) in [6, 6.07) is 3.17. The van der Waals surface area contributed by atoms with Gasteiger partial charge in [0.25, 0.3) is 0 Å². The molecule has 0 aromatic carbocycles. The van der Waals surface area contributed by atoms with Crippen LogP contribution in [0.3, 0.4) is 0 Å². The molecule has 1 N–H and O–H groups in total. The lowest BCUT2D eigenvalue weighted by Crippen LogP contribution is -2.49. The van der Waals surface area contributed by atoms with Gasteiger partial charge in [0.05, 0.1) is 19.2 Å². The number of nitrogens with one attached hydrogen (secondary N) is 1. The van der Waals surface area contributed by atoms with Gasteiger partial charge in [-0.25, -0.2) is 4.79 Å². The molecule has 0 saturated carbocycles. The molecular weight excluding hydrogens is 272 g/mol. The van der Waals surface area contributed by atoms with Gasteiger partial charge in [0.15, 0.2) is 0 Å². The van der Waals surface area contributed by atoms with Gasteiger partial charge in [-0.3, -0.25) is 9.69 Å². The number of furan rings is 1. The molecule has 1 amide bonds. The number of ether oxygens (including phenoxy) is 1. The van der Waals surface area contributed by atoms with Crippen LogP contribution < -0.4 is 5.32 Å². The summed E-state index contributed by atoms with van der Waals surface area (Å²) in [5.74, 6) is 0.398. The first-order chi connectivity index (χ1) is 10.1. The molecule has 2 rings (SSSR count). The van der Waals surface area contributed by atoms with E-state index in [0.717, 1.165) is 25.8 Å². The van der Waals surface area contributed by atoms with Crippen LogP contribution in [0.4, 0.5) is 0 Å². The van der Waals surface area contributed by atoms with Crippen LogP contribution in [0.15, 0.2) is 16.5 Å². The van der Waals surface area contributed by atoms with Crippen LogP contribution in [0.25, 0.3) is 0 Å². The normalized spacial score (nSPS) is 20.8. The quantitative estimate of drug-likeness (QED) is 0.856. The van der Waals surface area contributed by atoms with Crippen molar-refractivity contribution >= 4 is 11.9 Å². The molecule has 0 aliphatic carbocycles. The van der Waals surface area contributed by atoms with E-state index in [9.17, 15) is 9.59 Å². The van der Waals surface area contributed by atoms with Crippen LogP contribution in [-0.4, -0.2) is 43.5 Å². The highest BCUT2D eigenvalue weighted by molar-refractivity contribution is 5.86. The Morgan fingerprint density at radius 3 is 2.86 bits per heavy atom. The smallest absolute Gasteiger partial charge is 0.373 e. The fourth-order valence-electron chi connectivity index (χ4n) is 2.82. The van der Waals surface area contributed by atoms with Crippen molar-refractivity contribution in [1.29, 1.82) is 0 Å². The van der Waals surface area contributed by atoms with Crippen molar-refractivity contribution in [3.8, 4) is 0 Å². The second-order valence-electron chi connectivity index (χ2n) is 5.23. The van der Waals surface area contributed by atoms with Crippen LogP contribution in [-0.2, 0) is 9.53 Å². The number of methoxy groups -OCH3 is 1. The van der Waals surface area contributed by atoms with Crippen molar-refractivity contribution in [3.63, 3.8) is 0 Å². The van der Waals surface area contributed by atoms with Gasteiger partial charge < -0.3 is 14.5 Å². The van der Waals surface area contributed by atoms with E-state index < -0.39 is 5.97 Å². The van der Waals surface area contributed by atoms with Gasteiger partial charge in [-0.2, -0.15) is 0 Å². The summed E-state index contributed by atoms with van der Waals surface area (Å²) in [5.41, 5.74) is 0. The molecule has 116 valence electrons. The minimum atomic E-state index is -0.491. The van der Waals surface area contributed by atoms with Gasteiger partial charge in [0.2, 0.25) is 11.7 Å². The monoisotopic (exact) mass is 294 g/mol. The average molecular weight is 294 g/mol. The Morgan fingerprint density at radius 1 is 1.43 bits per heavy atom. The topological polar surface area (TPSA) is 71.8 Å². The number of esters is 1. The first kappa shape index (κ1) is 15.6. The molecule has 0 spiro atoms. The van der Waals surface area contributed by atoms with E-state index in [1.54, 1.807) is 19.2 Å². The van der Waals surface area contributed by atoms with E-state index in [2.05, 4.69) is 15.0 Å². The lowest BCUT2D eigenvalue weighted by molar-refractivity contribution is -0.128. The van der Waals surface area contributed by atoms with Crippen molar-refractivity contribution in [2.75, 3.05) is 20.7 Å². The fourth-order valence-corrected chi connectivity index (χ4v) is 2.82. The van der Waals surface area contributed by atoms with Crippen LogP contribution in [0.1, 0.15) is 48.5 Å². The molecule has 6 heteroatoms. The Labute approximate surface area is 124 Å². The molecule has 6 nitrogen and oxygen atoms in total. The minimum Gasteiger partial charge on any atom is -0.463 e. The highest BCUT2D eigenvalue weighted by atomic mass is 16.5. The molecule has 0 radical (unpaired) electrons. The fraction of sp³-hybridized carbons (Fsp3) is 0.600. The summed E-state index contributed by atoms with van der Waals surface area (Å²) in [5, 5.41) is 2.72. The van der Waals surface area contributed by atoms with Crippen LogP contribution >= 0.6 is 0 Å². The Hall–Kier alpha value is -1.82. The van der Waals surface area contributed by atoms with Crippen LogP contribution in [0.2, 0.25) is 0 Å². The summed E-state index contributed by atoms with van der Waals surface area (Å²) in [6.07, 6.45) is 2.95. The van der Waals surface area contributed by atoms with Gasteiger partial charge in [0.1, 0.15) is 5.76 Å². The zero-order valence-electron chi connectivity index (χ0n) is 12.7. The lowest BCUT2D eigenvalue weighted by atomic mass is 9.98. The third-order valence-corrected chi connectivity index (χ3v) is 4.02. The molecule has 1 aliphatic rings. The molecule has 2 atom stereocenters. The molecule has 1 aliphatic heterocycles. The number of rotatable bonds is 4. The summed E-state index contributed by atoms with van der Waals surface area (Å²) >= 11 is 0. The number of hydrogen-bond donors (Lipinski definition) is 1. The molecular formula is C15H22N2O4. The highest BCUT2D eigenvalue weighted by Crippen LogP contribution is 2.29. The first-order valence-electron chi connectivity index (χ1n) is 7.24. The van der Waals surface area contributed by atoms with E-state index in [1.165, 1.54) is 7.11 Å². The maximum Gasteiger partial charge on any atom is 0.373 e. The lowest BCUT2D eigenvalue weighted by Gasteiger charge is -2.37. The molecule has 1 fully saturated rings. The summed E-state index contributed by atoms with van der Waals surface area (Å²) in [4.78, 5) is 25.6. The highest BCUT2D eigenvalue weighted by Gasteiger charge is 2.33. The third kappa shape index (κ3) is 3.26. The zero-order chi connectivity index (χ0) is 15.4. The van der Waals surface area contributed by atoms with E-state index in [-0.39, 0.29) is 23.8 Å². The maximum atomic E-state index is 12.0. The predicted octanol–water partition coefficient (Wildman–Crippen LogP) is 1.73. The summed E-state index contributed by atoms with van der Waals surface area (Å²) in [6.45, 7) is 2.83.